The summed E-state index contributed by atoms with van der Waals surface area (Å²) < 4.78 is 1.52. The quantitative estimate of drug-likeness (QED) is 0.523. The second-order valence-electron chi connectivity index (χ2n) is 3.11. The van der Waals surface area contributed by atoms with Crippen LogP contribution >= 0.6 is 0 Å². The molecular weight excluding hydrogens is 194 g/mol. The van der Waals surface area contributed by atoms with Crippen LogP contribution in [0.15, 0.2) is 18.3 Å². The van der Waals surface area contributed by atoms with Gasteiger partial charge in [0.15, 0.2) is 0 Å². The lowest BCUT2D eigenvalue weighted by Gasteiger charge is -2.05. The Kier molecular flexibility index (Phi) is 1.34. The van der Waals surface area contributed by atoms with Crippen LogP contribution in [0, 0.1) is 0 Å². The summed E-state index contributed by atoms with van der Waals surface area (Å²) in [5, 5.41) is 11.2. The fourth-order valence-electron chi connectivity index (χ4n) is 1.54. The number of tetrazole rings is 1. The topological polar surface area (TPSA) is 108 Å². The van der Waals surface area contributed by atoms with Crippen molar-refractivity contribution in [3.63, 3.8) is 0 Å². The molecule has 15 heavy (non-hydrogen) atoms. The van der Waals surface area contributed by atoms with E-state index in [-0.39, 0.29) is 0 Å². The molecule has 7 heteroatoms. The molecule has 0 aliphatic heterocycles. The number of pyridine rings is 2. The van der Waals surface area contributed by atoms with Gasteiger partial charge in [-0.3, -0.25) is 4.98 Å². The van der Waals surface area contributed by atoms with Gasteiger partial charge in [0.1, 0.15) is 11.2 Å². The molecule has 0 fully saturated rings. The standard InChI is InChI=1S/C8H7N7/c9-5-6(10)8-12-13-14-15(8)4-2-1-3-11-7(4)5/h1-3H,9-10H2. The summed E-state index contributed by atoms with van der Waals surface area (Å²) in [6, 6.07) is 3.63. The Morgan fingerprint density at radius 3 is 2.93 bits per heavy atom. The number of aromatic nitrogens is 5. The summed E-state index contributed by atoms with van der Waals surface area (Å²) in [6.07, 6.45) is 1.65. The van der Waals surface area contributed by atoms with Crippen LogP contribution in [0.3, 0.4) is 0 Å². The van der Waals surface area contributed by atoms with Crippen LogP contribution in [0.1, 0.15) is 0 Å². The van der Waals surface area contributed by atoms with Crippen LogP contribution in [0.5, 0.6) is 0 Å². The largest absolute Gasteiger partial charge is 0.395 e. The molecule has 0 spiro atoms. The Balaban J connectivity index is 2.70. The van der Waals surface area contributed by atoms with Crippen LogP contribution in [0.4, 0.5) is 11.4 Å². The SMILES string of the molecule is Nc1c(N)c2nnnn2c2cccnc12. The van der Waals surface area contributed by atoms with E-state index in [2.05, 4.69) is 20.5 Å². The Labute approximate surface area is 83.7 Å². The van der Waals surface area contributed by atoms with Crippen molar-refractivity contribution in [2.75, 3.05) is 11.5 Å². The van der Waals surface area contributed by atoms with Crippen molar-refractivity contribution < 1.29 is 0 Å². The lowest BCUT2D eigenvalue weighted by atomic mass is 10.2. The zero-order chi connectivity index (χ0) is 10.4. The fourth-order valence-corrected chi connectivity index (χ4v) is 1.54. The average Bonchev–Trinajstić information content (AvgIpc) is 2.75. The van der Waals surface area contributed by atoms with E-state index in [9.17, 15) is 0 Å². The summed E-state index contributed by atoms with van der Waals surface area (Å²) in [7, 11) is 0. The van der Waals surface area contributed by atoms with E-state index in [1.54, 1.807) is 12.3 Å². The highest BCUT2D eigenvalue weighted by atomic mass is 15.5. The number of hydrogen-bond acceptors (Lipinski definition) is 6. The molecule has 0 saturated heterocycles. The molecule has 0 aliphatic rings. The van der Waals surface area contributed by atoms with E-state index >= 15 is 0 Å². The van der Waals surface area contributed by atoms with E-state index in [0.29, 0.717) is 22.5 Å². The molecule has 0 amide bonds. The summed E-state index contributed by atoms with van der Waals surface area (Å²) in [4.78, 5) is 4.15. The number of nitrogens with two attached hydrogens (primary N) is 2. The lowest BCUT2D eigenvalue weighted by Crippen LogP contribution is -2.03. The molecule has 3 rings (SSSR count). The summed E-state index contributed by atoms with van der Waals surface area (Å²) in [5.41, 5.74) is 14.2. The Morgan fingerprint density at radius 2 is 2.07 bits per heavy atom. The molecule has 0 aromatic carbocycles. The summed E-state index contributed by atoms with van der Waals surface area (Å²) >= 11 is 0. The zero-order valence-corrected chi connectivity index (χ0v) is 7.62. The minimum atomic E-state index is 0.353. The van der Waals surface area contributed by atoms with E-state index in [1.165, 1.54) is 4.52 Å². The Morgan fingerprint density at radius 1 is 1.20 bits per heavy atom. The number of nitrogen functional groups attached to an aromatic ring is 2. The van der Waals surface area contributed by atoms with Gasteiger partial charge in [0.05, 0.1) is 11.2 Å². The first kappa shape index (κ1) is 7.92. The predicted molar refractivity (Wildman–Crippen MR) is 54.9 cm³/mol. The minimum Gasteiger partial charge on any atom is -0.395 e. The van der Waals surface area contributed by atoms with E-state index in [1.807, 2.05) is 6.07 Å². The molecule has 0 saturated carbocycles. The normalized spacial score (nSPS) is 11.2. The molecule has 0 atom stereocenters. The molecule has 0 aliphatic carbocycles. The number of rotatable bonds is 0. The molecule has 3 aromatic rings. The summed E-state index contributed by atoms with van der Waals surface area (Å²) in [5.74, 6) is 0. The van der Waals surface area contributed by atoms with Crippen LogP contribution in [-0.4, -0.2) is 25.0 Å². The minimum absolute atomic E-state index is 0.353. The Hall–Kier alpha value is -2.44. The van der Waals surface area contributed by atoms with Crippen molar-refractivity contribution in [2.45, 2.75) is 0 Å². The van der Waals surface area contributed by atoms with Gasteiger partial charge in [-0.1, -0.05) is 0 Å². The van der Waals surface area contributed by atoms with Gasteiger partial charge in [0.2, 0.25) is 5.65 Å². The second kappa shape index (κ2) is 2.53. The molecule has 7 nitrogen and oxygen atoms in total. The maximum absolute atomic E-state index is 5.85. The fraction of sp³-hybridized carbons (Fsp3) is 0. The maximum Gasteiger partial charge on any atom is 0.205 e. The number of hydrogen-bond donors (Lipinski definition) is 2. The van der Waals surface area contributed by atoms with E-state index in [0.717, 1.165) is 5.52 Å². The maximum atomic E-state index is 5.85. The van der Waals surface area contributed by atoms with E-state index < -0.39 is 0 Å². The molecule has 4 N–H and O–H groups in total. The van der Waals surface area contributed by atoms with Crippen molar-refractivity contribution in [3.8, 4) is 0 Å². The van der Waals surface area contributed by atoms with Gasteiger partial charge in [0, 0.05) is 6.20 Å². The van der Waals surface area contributed by atoms with Gasteiger partial charge in [0.25, 0.3) is 0 Å². The third kappa shape index (κ3) is 0.885. The first-order chi connectivity index (χ1) is 7.29. The van der Waals surface area contributed by atoms with Crippen molar-refractivity contribution in [1.29, 1.82) is 0 Å². The monoisotopic (exact) mass is 201 g/mol. The summed E-state index contributed by atoms with van der Waals surface area (Å²) in [6.45, 7) is 0. The molecule has 0 radical (unpaired) electrons. The lowest BCUT2D eigenvalue weighted by molar-refractivity contribution is 0.841. The highest BCUT2D eigenvalue weighted by molar-refractivity contribution is 5.98. The first-order valence-electron chi connectivity index (χ1n) is 4.29. The predicted octanol–water partition coefficient (Wildman–Crippen LogP) is -0.163. The molecule has 0 unspecified atom stereocenters. The molecule has 0 bridgehead atoms. The van der Waals surface area contributed by atoms with Crippen LogP contribution < -0.4 is 11.5 Å². The van der Waals surface area contributed by atoms with E-state index in [4.69, 9.17) is 11.5 Å². The molecule has 74 valence electrons. The molecule has 3 heterocycles. The van der Waals surface area contributed by atoms with Crippen molar-refractivity contribution in [2.24, 2.45) is 0 Å². The highest BCUT2D eigenvalue weighted by Crippen LogP contribution is 2.26. The van der Waals surface area contributed by atoms with Crippen molar-refractivity contribution in [1.82, 2.24) is 25.0 Å². The average molecular weight is 201 g/mol. The van der Waals surface area contributed by atoms with Crippen LogP contribution in [0.25, 0.3) is 16.7 Å². The first-order valence-corrected chi connectivity index (χ1v) is 4.29. The van der Waals surface area contributed by atoms with Gasteiger partial charge in [-0.2, -0.15) is 4.52 Å². The molecular formula is C8H7N7. The van der Waals surface area contributed by atoms with Crippen molar-refractivity contribution in [3.05, 3.63) is 18.3 Å². The number of anilines is 2. The third-order valence-electron chi connectivity index (χ3n) is 2.27. The van der Waals surface area contributed by atoms with Crippen molar-refractivity contribution >= 4 is 28.1 Å². The van der Waals surface area contributed by atoms with Gasteiger partial charge < -0.3 is 11.5 Å². The highest BCUT2D eigenvalue weighted by Gasteiger charge is 2.12. The number of fused-ring (bicyclic) bond motifs is 3. The van der Waals surface area contributed by atoms with Gasteiger partial charge >= 0.3 is 0 Å². The van der Waals surface area contributed by atoms with Gasteiger partial charge in [-0.25, -0.2) is 0 Å². The zero-order valence-electron chi connectivity index (χ0n) is 7.62. The number of nitrogens with zero attached hydrogens (tertiary/aromatic N) is 5. The molecule has 3 aromatic heterocycles. The van der Waals surface area contributed by atoms with Gasteiger partial charge in [-0.15, -0.1) is 5.10 Å². The van der Waals surface area contributed by atoms with Crippen LogP contribution in [-0.2, 0) is 0 Å². The smallest absolute Gasteiger partial charge is 0.205 e. The second-order valence-corrected chi connectivity index (χ2v) is 3.11. The third-order valence-corrected chi connectivity index (χ3v) is 2.27. The Bertz CT molecular complexity index is 656. The van der Waals surface area contributed by atoms with Crippen LogP contribution in [0.2, 0.25) is 0 Å². The van der Waals surface area contributed by atoms with Gasteiger partial charge in [-0.05, 0) is 22.6 Å².